The Morgan fingerprint density at radius 3 is 2.86 bits per heavy atom. The number of hydrogen-bond donors (Lipinski definition) is 2. The molecule has 1 fully saturated rings. The van der Waals surface area contributed by atoms with Gasteiger partial charge in [-0.3, -0.25) is 4.79 Å². The van der Waals surface area contributed by atoms with Gasteiger partial charge < -0.3 is 15.0 Å². The fourth-order valence-electron chi connectivity index (χ4n) is 2.02. The molecule has 1 aliphatic rings. The Morgan fingerprint density at radius 2 is 2.19 bits per heavy atom. The summed E-state index contributed by atoms with van der Waals surface area (Å²) in [6, 6.07) is 0. The van der Waals surface area contributed by atoms with Crippen LogP contribution < -0.4 is 5.32 Å². The maximum absolute atomic E-state index is 12.0. The van der Waals surface area contributed by atoms with Crippen molar-refractivity contribution in [2.45, 2.75) is 12.8 Å². The summed E-state index contributed by atoms with van der Waals surface area (Å²) in [6.07, 6.45) is 3.92. The summed E-state index contributed by atoms with van der Waals surface area (Å²) in [6.45, 7) is 1.98. The normalized spacial score (nSPS) is 16.8. The molecule has 21 heavy (non-hydrogen) atoms. The van der Waals surface area contributed by atoms with E-state index in [4.69, 9.17) is 4.74 Å². The predicted molar refractivity (Wildman–Crippen MR) is 76.1 cm³/mol. The van der Waals surface area contributed by atoms with Crippen LogP contribution in [-0.2, 0) is 26.0 Å². The summed E-state index contributed by atoms with van der Waals surface area (Å²) in [7, 11) is -3.37. The fourth-order valence-corrected chi connectivity index (χ4v) is 3.43. The number of amides is 1. The second-order valence-electron chi connectivity index (χ2n) is 4.71. The molecule has 0 spiro atoms. The zero-order valence-electron chi connectivity index (χ0n) is 11.7. The highest BCUT2D eigenvalue weighted by molar-refractivity contribution is 7.89. The lowest BCUT2D eigenvalue weighted by molar-refractivity contribution is -0.120. The van der Waals surface area contributed by atoms with E-state index in [2.05, 4.69) is 15.3 Å². The molecule has 2 N–H and O–H groups in total. The van der Waals surface area contributed by atoms with Crippen LogP contribution in [0.3, 0.4) is 0 Å². The number of ether oxygens (including phenoxy) is 1. The van der Waals surface area contributed by atoms with Gasteiger partial charge in [0, 0.05) is 44.9 Å². The van der Waals surface area contributed by atoms with E-state index in [9.17, 15) is 13.2 Å². The predicted octanol–water partition coefficient (Wildman–Crippen LogP) is -0.879. The Bertz CT molecular complexity index is 538. The summed E-state index contributed by atoms with van der Waals surface area (Å²) in [4.78, 5) is 18.6. The summed E-state index contributed by atoms with van der Waals surface area (Å²) < 4.78 is 30.5. The third-order valence-electron chi connectivity index (χ3n) is 3.19. The van der Waals surface area contributed by atoms with Crippen molar-refractivity contribution < 1.29 is 17.9 Å². The minimum Gasteiger partial charge on any atom is -0.379 e. The summed E-state index contributed by atoms with van der Waals surface area (Å²) >= 11 is 0. The molecule has 0 saturated carbocycles. The third kappa shape index (κ3) is 5.10. The topological polar surface area (TPSA) is 104 Å². The molecule has 9 heteroatoms. The van der Waals surface area contributed by atoms with Crippen LogP contribution in [0, 0.1) is 0 Å². The van der Waals surface area contributed by atoms with Crippen LogP contribution in [0.2, 0.25) is 0 Å². The molecule has 1 saturated heterocycles. The number of nitrogens with zero attached hydrogens (tertiary/aromatic N) is 2. The van der Waals surface area contributed by atoms with E-state index >= 15 is 0 Å². The molecule has 1 aromatic heterocycles. The van der Waals surface area contributed by atoms with Gasteiger partial charge in [0.25, 0.3) is 0 Å². The molecule has 118 valence electrons. The maximum Gasteiger partial charge on any atom is 0.221 e. The van der Waals surface area contributed by atoms with Crippen LogP contribution in [0.25, 0.3) is 0 Å². The van der Waals surface area contributed by atoms with Gasteiger partial charge in [0.1, 0.15) is 5.82 Å². The van der Waals surface area contributed by atoms with Gasteiger partial charge in [0.05, 0.1) is 19.0 Å². The van der Waals surface area contributed by atoms with Crippen LogP contribution >= 0.6 is 0 Å². The first-order valence-corrected chi connectivity index (χ1v) is 8.49. The summed E-state index contributed by atoms with van der Waals surface area (Å²) in [5, 5.41) is 2.69. The number of hydrogen-bond acceptors (Lipinski definition) is 5. The summed E-state index contributed by atoms with van der Waals surface area (Å²) in [5.74, 6) is 0.356. The lowest BCUT2D eigenvalue weighted by Gasteiger charge is -2.25. The molecule has 2 heterocycles. The van der Waals surface area contributed by atoms with E-state index in [0.717, 1.165) is 5.82 Å². The van der Waals surface area contributed by atoms with Gasteiger partial charge in [-0.2, -0.15) is 4.31 Å². The fraction of sp³-hybridized carbons (Fsp3) is 0.667. The van der Waals surface area contributed by atoms with Gasteiger partial charge >= 0.3 is 0 Å². The van der Waals surface area contributed by atoms with Crippen molar-refractivity contribution in [3.63, 3.8) is 0 Å². The third-order valence-corrected chi connectivity index (χ3v) is 5.06. The zero-order valence-corrected chi connectivity index (χ0v) is 12.6. The standard InChI is InChI=1S/C12H20N4O4S/c17-12(15-3-1-11-13-4-5-14-11)2-10-21(18,19)16-6-8-20-9-7-16/h4-5H,1-3,6-10H2,(H,13,14)(H,15,17). The van der Waals surface area contributed by atoms with E-state index in [1.54, 1.807) is 12.4 Å². The molecule has 1 amide bonds. The first-order chi connectivity index (χ1) is 10.1. The average Bonchev–Trinajstić information content (AvgIpc) is 2.99. The van der Waals surface area contributed by atoms with Crippen molar-refractivity contribution in [3.05, 3.63) is 18.2 Å². The number of imidazole rings is 1. The van der Waals surface area contributed by atoms with E-state index in [0.29, 0.717) is 39.3 Å². The Balaban J connectivity index is 1.67. The van der Waals surface area contributed by atoms with Crippen molar-refractivity contribution in [1.29, 1.82) is 0 Å². The molecule has 0 radical (unpaired) electrons. The van der Waals surface area contributed by atoms with Crippen molar-refractivity contribution >= 4 is 15.9 Å². The number of aromatic nitrogens is 2. The zero-order chi connectivity index (χ0) is 15.1. The van der Waals surface area contributed by atoms with Crippen molar-refractivity contribution in [2.24, 2.45) is 0 Å². The molecule has 0 aromatic carbocycles. The van der Waals surface area contributed by atoms with Crippen LogP contribution in [0.15, 0.2) is 12.4 Å². The molecule has 2 rings (SSSR count). The van der Waals surface area contributed by atoms with Crippen LogP contribution in [0.1, 0.15) is 12.2 Å². The van der Waals surface area contributed by atoms with Crippen LogP contribution in [0.5, 0.6) is 0 Å². The van der Waals surface area contributed by atoms with Crippen LogP contribution in [-0.4, -0.2) is 67.2 Å². The molecule has 0 bridgehead atoms. The monoisotopic (exact) mass is 316 g/mol. The molecule has 0 aliphatic carbocycles. The van der Waals surface area contributed by atoms with E-state index < -0.39 is 10.0 Å². The molecule has 8 nitrogen and oxygen atoms in total. The molecule has 1 aromatic rings. The van der Waals surface area contributed by atoms with E-state index in [1.165, 1.54) is 4.31 Å². The Hall–Kier alpha value is -1.45. The van der Waals surface area contributed by atoms with Gasteiger partial charge in [-0.1, -0.05) is 0 Å². The lowest BCUT2D eigenvalue weighted by Crippen LogP contribution is -2.42. The Morgan fingerprint density at radius 1 is 1.43 bits per heavy atom. The summed E-state index contributed by atoms with van der Waals surface area (Å²) in [5.41, 5.74) is 0. The minimum absolute atomic E-state index is 0.0299. The number of carbonyl (C=O) groups excluding carboxylic acids is 1. The van der Waals surface area contributed by atoms with Crippen molar-refractivity contribution in [1.82, 2.24) is 19.6 Å². The largest absolute Gasteiger partial charge is 0.379 e. The highest BCUT2D eigenvalue weighted by Gasteiger charge is 2.24. The highest BCUT2D eigenvalue weighted by atomic mass is 32.2. The first-order valence-electron chi connectivity index (χ1n) is 6.88. The highest BCUT2D eigenvalue weighted by Crippen LogP contribution is 2.06. The smallest absolute Gasteiger partial charge is 0.221 e. The first kappa shape index (κ1) is 15.9. The molecule has 1 aliphatic heterocycles. The number of carbonyl (C=O) groups is 1. The maximum atomic E-state index is 12.0. The number of rotatable bonds is 7. The minimum atomic E-state index is -3.37. The number of aromatic amines is 1. The second-order valence-corrected chi connectivity index (χ2v) is 6.80. The number of H-pyrrole nitrogens is 1. The molecule has 0 unspecified atom stereocenters. The number of sulfonamides is 1. The van der Waals surface area contributed by atoms with Gasteiger partial charge in [0.2, 0.25) is 15.9 Å². The van der Waals surface area contributed by atoms with Crippen molar-refractivity contribution in [3.8, 4) is 0 Å². The van der Waals surface area contributed by atoms with Gasteiger partial charge in [-0.05, 0) is 0 Å². The average molecular weight is 316 g/mol. The quantitative estimate of drug-likeness (QED) is 0.680. The SMILES string of the molecule is O=C(CCS(=O)(=O)N1CCOCC1)NCCc1ncc[nH]1. The van der Waals surface area contributed by atoms with Gasteiger partial charge in [-0.25, -0.2) is 13.4 Å². The van der Waals surface area contributed by atoms with Gasteiger partial charge in [0.15, 0.2) is 0 Å². The Labute approximate surface area is 123 Å². The Kier molecular flexibility index (Phi) is 5.71. The number of nitrogens with one attached hydrogen (secondary N) is 2. The number of morpholine rings is 1. The van der Waals surface area contributed by atoms with E-state index in [-0.39, 0.29) is 18.1 Å². The molecular formula is C12H20N4O4S. The van der Waals surface area contributed by atoms with Crippen LogP contribution in [0.4, 0.5) is 0 Å². The molecule has 0 atom stereocenters. The van der Waals surface area contributed by atoms with Crippen molar-refractivity contribution in [2.75, 3.05) is 38.6 Å². The van der Waals surface area contributed by atoms with E-state index in [1.807, 2.05) is 0 Å². The lowest BCUT2D eigenvalue weighted by atomic mass is 10.4. The molecular weight excluding hydrogens is 296 g/mol. The second kappa shape index (κ2) is 7.53. The van der Waals surface area contributed by atoms with Gasteiger partial charge in [-0.15, -0.1) is 0 Å².